The molecule has 2 unspecified atom stereocenters. The quantitative estimate of drug-likeness (QED) is 0.709. The van der Waals surface area contributed by atoms with Crippen LogP contribution in [0.15, 0.2) is 0 Å². The molecule has 0 aromatic heterocycles. The van der Waals surface area contributed by atoms with Crippen LogP contribution in [-0.4, -0.2) is 12.6 Å². The average molecular weight is 237 g/mol. The number of nitrogens with one attached hydrogen (secondary N) is 1. The summed E-state index contributed by atoms with van der Waals surface area (Å²) in [5.74, 6) is 2.00. The van der Waals surface area contributed by atoms with Crippen LogP contribution in [-0.2, 0) is 0 Å². The summed E-state index contributed by atoms with van der Waals surface area (Å²) in [6.45, 7) is 3.67. The number of hydrogen-bond acceptors (Lipinski definition) is 1. The standard InChI is InChI=1S/C16H31N/c1-2-14-10-7-11-16(12-14)17-13-15-8-5-3-4-6-9-15/h14-17H,2-13H2,1H3. The Kier molecular flexibility index (Phi) is 5.84. The van der Waals surface area contributed by atoms with Gasteiger partial charge in [-0.25, -0.2) is 0 Å². The molecule has 0 spiro atoms. The van der Waals surface area contributed by atoms with Gasteiger partial charge in [-0.05, 0) is 44.1 Å². The SMILES string of the molecule is CCC1CCCC(NCC2CCCCCC2)C1. The van der Waals surface area contributed by atoms with Crippen molar-refractivity contribution in [3.05, 3.63) is 0 Å². The molecule has 2 rings (SSSR count). The lowest BCUT2D eigenvalue weighted by molar-refractivity contribution is 0.265. The fraction of sp³-hybridized carbons (Fsp3) is 1.00. The van der Waals surface area contributed by atoms with Crippen LogP contribution in [0.2, 0.25) is 0 Å². The van der Waals surface area contributed by atoms with Gasteiger partial charge < -0.3 is 5.32 Å². The van der Waals surface area contributed by atoms with Crippen molar-refractivity contribution >= 4 is 0 Å². The second-order valence-electron chi connectivity index (χ2n) is 6.40. The summed E-state index contributed by atoms with van der Waals surface area (Å²) in [6, 6.07) is 0.844. The van der Waals surface area contributed by atoms with E-state index in [1.165, 1.54) is 77.2 Å². The van der Waals surface area contributed by atoms with Crippen molar-refractivity contribution in [2.75, 3.05) is 6.54 Å². The molecular weight excluding hydrogens is 206 g/mol. The van der Waals surface area contributed by atoms with Gasteiger partial charge >= 0.3 is 0 Å². The second kappa shape index (κ2) is 7.41. The van der Waals surface area contributed by atoms with E-state index < -0.39 is 0 Å². The monoisotopic (exact) mass is 237 g/mol. The van der Waals surface area contributed by atoms with Crippen LogP contribution in [0.3, 0.4) is 0 Å². The third-order valence-corrected chi connectivity index (χ3v) is 5.03. The Morgan fingerprint density at radius 2 is 1.53 bits per heavy atom. The van der Waals surface area contributed by atoms with Crippen LogP contribution in [0.4, 0.5) is 0 Å². The maximum atomic E-state index is 3.88. The smallest absolute Gasteiger partial charge is 0.00698 e. The lowest BCUT2D eigenvalue weighted by Crippen LogP contribution is -2.37. The van der Waals surface area contributed by atoms with Gasteiger partial charge in [0.05, 0.1) is 0 Å². The predicted octanol–water partition coefficient (Wildman–Crippen LogP) is 4.52. The summed E-state index contributed by atoms with van der Waals surface area (Å²) in [7, 11) is 0. The minimum absolute atomic E-state index is 0.844. The van der Waals surface area contributed by atoms with E-state index in [2.05, 4.69) is 12.2 Å². The minimum atomic E-state index is 0.844. The lowest BCUT2D eigenvalue weighted by atomic mass is 9.84. The van der Waals surface area contributed by atoms with Crippen molar-refractivity contribution in [1.29, 1.82) is 0 Å². The van der Waals surface area contributed by atoms with Gasteiger partial charge in [0.15, 0.2) is 0 Å². The second-order valence-corrected chi connectivity index (χ2v) is 6.40. The molecule has 0 bridgehead atoms. The largest absolute Gasteiger partial charge is 0.314 e. The van der Waals surface area contributed by atoms with Crippen molar-refractivity contribution < 1.29 is 0 Å². The summed E-state index contributed by atoms with van der Waals surface area (Å²) in [5, 5.41) is 3.88. The molecule has 2 aliphatic carbocycles. The fourth-order valence-electron chi connectivity index (χ4n) is 3.75. The van der Waals surface area contributed by atoms with Gasteiger partial charge in [0.1, 0.15) is 0 Å². The van der Waals surface area contributed by atoms with Crippen LogP contribution in [0.5, 0.6) is 0 Å². The summed E-state index contributed by atoms with van der Waals surface area (Å²) in [6.07, 6.45) is 16.1. The summed E-state index contributed by atoms with van der Waals surface area (Å²) in [4.78, 5) is 0. The third kappa shape index (κ3) is 4.62. The number of rotatable bonds is 4. The first-order valence-corrected chi connectivity index (χ1v) is 8.12. The van der Waals surface area contributed by atoms with Gasteiger partial charge in [-0.15, -0.1) is 0 Å². The molecule has 0 amide bonds. The first kappa shape index (κ1) is 13.4. The van der Waals surface area contributed by atoms with E-state index in [0.29, 0.717) is 0 Å². The highest BCUT2D eigenvalue weighted by Gasteiger charge is 2.21. The van der Waals surface area contributed by atoms with Crippen molar-refractivity contribution in [2.24, 2.45) is 11.8 Å². The Balaban J connectivity index is 1.66. The Morgan fingerprint density at radius 3 is 2.24 bits per heavy atom. The maximum Gasteiger partial charge on any atom is 0.00698 e. The number of hydrogen-bond donors (Lipinski definition) is 1. The molecular formula is C16H31N. The molecule has 1 heteroatoms. The lowest BCUT2D eigenvalue weighted by Gasteiger charge is -2.30. The van der Waals surface area contributed by atoms with E-state index in [0.717, 1.165) is 17.9 Å². The van der Waals surface area contributed by atoms with Crippen LogP contribution >= 0.6 is 0 Å². The average Bonchev–Trinajstić information content (AvgIpc) is 2.65. The third-order valence-electron chi connectivity index (χ3n) is 5.03. The Bertz CT molecular complexity index is 194. The zero-order chi connectivity index (χ0) is 11.9. The Morgan fingerprint density at radius 1 is 0.824 bits per heavy atom. The highest BCUT2D eigenvalue weighted by Crippen LogP contribution is 2.27. The van der Waals surface area contributed by atoms with Gasteiger partial charge in [-0.2, -0.15) is 0 Å². The highest BCUT2D eigenvalue weighted by atomic mass is 14.9. The van der Waals surface area contributed by atoms with Gasteiger partial charge in [-0.3, -0.25) is 0 Å². The van der Waals surface area contributed by atoms with Crippen molar-refractivity contribution in [2.45, 2.75) is 83.6 Å². The molecule has 0 heterocycles. The van der Waals surface area contributed by atoms with Crippen molar-refractivity contribution in [3.8, 4) is 0 Å². The normalized spacial score (nSPS) is 32.3. The molecule has 2 saturated carbocycles. The first-order valence-electron chi connectivity index (χ1n) is 8.12. The Hall–Kier alpha value is -0.0400. The zero-order valence-electron chi connectivity index (χ0n) is 11.7. The topological polar surface area (TPSA) is 12.0 Å². The molecule has 0 aromatic rings. The molecule has 0 radical (unpaired) electrons. The molecule has 100 valence electrons. The highest BCUT2D eigenvalue weighted by molar-refractivity contribution is 4.78. The van der Waals surface area contributed by atoms with Crippen molar-refractivity contribution in [1.82, 2.24) is 5.32 Å². The first-order chi connectivity index (χ1) is 8.38. The molecule has 1 N–H and O–H groups in total. The van der Waals surface area contributed by atoms with Crippen molar-refractivity contribution in [3.63, 3.8) is 0 Å². The van der Waals surface area contributed by atoms with Gasteiger partial charge in [-0.1, -0.05) is 51.9 Å². The van der Waals surface area contributed by atoms with Gasteiger partial charge in [0.2, 0.25) is 0 Å². The van der Waals surface area contributed by atoms with Crippen LogP contribution in [0, 0.1) is 11.8 Å². The molecule has 17 heavy (non-hydrogen) atoms. The summed E-state index contributed by atoms with van der Waals surface area (Å²) >= 11 is 0. The van der Waals surface area contributed by atoms with Crippen LogP contribution in [0.1, 0.15) is 77.6 Å². The minimum Gasteiger partial charge on any atom is -0.314 e. The summed E-state index contributed by atoms with van der Waals surface area (Å²) in [5.41, 5.74) is 0. The summed E-state index contributed by atoms with van der Waals surface area (Å²) < 4.78 is 0. The van der Waals surface area contributed by atoms with Crippen LogP contribution in [0.25, 0.3) is 0 Å². The van der Waals surface area contributed by atoms with E-state index in [1.807, 2.05) is 0 Å². The van der Waals surface area contributed by atoms with Gasteiger partial charge in [0, 0.05) is 6.04 Å². The molecule has 1 nitrogen and oxygen atoms in total. The van der Waals surface area contributed by atoms with E-state index in [-0.39, 0.29) is 0 Å². The molecule has 0 aliphatic heterocycles. The molecule has 0 saturated heterocycles. The van der Waals surface area contributed by atoms with E-state index in [1.54, 1.807) is 0 Å². The van der Waals surface area contributed by atoms with E-state index in [9.17, 15) is 0 Å². The van der Waals surface area contributed by atoms with E-state index in [4.69, 9.17) is 0 Å². The maximum absolute atomic E-state index is 3.88. The van der Waals surface area contributed by atoms with Gasteiger partial charge in [0.25, 0.3) is 0 Å². The molecule has 2 atom stereocenters. The molecule has 2 fully saturated rings. The molecule has 2 aliphatic rings. The van der Waals surface area contributed by atoms with Crippen LogP contribution < -0.4 is 5.32 Å². The fourth-order valence-corrected chi connectivity index (χ4v) is 3.75. The predicted molar refractivity (Wildman–Crippen MR) is 75.2 cm³/mol. The Labute approximate surface area is 108 Å². The molecule has 0 aromatic carbocycles. The zero-order valence-corrected chi connectivity index (χ0v) is 11.7. The van der Waals surface area contributed by atoms with E-state index >= 15 is 0 Å².